The molecule has 2 aromatic rings. The summed E-state index contributed by atoms with van der Waals surface area (Å²) in [6, 6.07) is 15.8. The Morgan fingerprint density at radius 3 is 2.10 bits per heavy atom. The Hall–Kier alpha value is -3.39. The molecule has 2 aromatic carbocycles. The highest BCUT2D eigenvalue weighted by atomic mass is 16.5. The Kier molecular flexibility index (Phi) is 5.84. The molecule has 8 nitrogen and oxygen atoms in total. The second-order valence-electron chi connectivity index (χ2n) is 7.01. The summed E-state index contributed by atoms with van der Waals surface area (Å²) >= 11 is 0. The summed E-state index contributed by atoms with van der Waals surface area (Å²) in [6.45, 7) is 0.179. The van der Waals surface area contributed by atoms with Crippen LogP contribution in [0.5, 0.6) is 0 Å². The third kappa shape index (κ3) is 4.07. The number of carboxylic acid groups (broad SMARTS) is 1. The van der Waals surface area contributed by atoms with Crippen LogP contribution in [0.25, 0.3) is 11.1 Å². The summed E-state index contributed by atoms with van der Waals surface area (Å²) in [5, 5.41) is 9.51. The van der Waals surface area contributed by atoms with Crippen LogP contribution < -0.4 is 17.2 Å². The minimum Gasteiger partial charge on any atom is -0.479 e. The molecule has 0 aromatic heterocycles. The fourth-order valence-electron chi connectivity index (χ4n) is 3.59. The highest BCUT2D eigenvalue weighted by Gasteiger charge is 2.44. The number of guanidine groups is 1. The molecule has 8 heteroatoms. The maximum atomic E-state index is 12.6. The Labute approximate surface area is 168 Å². The largest absolute Gasteiger partial charge is 0.479 e. The van der Waals surface area contributed by atoms with E-state index in [0.717, 1.165) is 22.3 Å². The molecule has 0 heterocycles. The molecule has 0 radical (unpaired) electrons. The lowest BCUT2D eigenvalue weighted by Gasteiger charge is -2.24. The molecule has 0 saturated carbocycles. The molecule has 152 valence electrons. The molecule has 0 fully saturated rings. The van der Waals surface area contributed by atoms with Gasteiger partial charge in [0.25, 0.3) is 0 Å². The molecule has 29 heavy (non-hydrogen) atoms. The number of esters is 1. The quantitative estimate of drug-likeness (QED) is 0.172. The van der Waals surface area contributed by atoms with Gasteiger partial charge in [-0.05, 0) is 35.1 Å². The van der Waals surface area contributed by atoms with Crippen LogP contribution in [0.3, 0.4) is 0 Å². The zero-order valence-electron chi connectivity index (χ0n) is 15.9. The van der Waals surface area contributed by atoms with Gasteiger partial charge in [0.1, 0.15) is 6.61 Å². The first-order valence-corrected chi connectivity index (χ1v) is 9.27. The number of carboxylic acids is 1. The number of nitrogens with zero attached hydrogens (tertiary/aromatic N) is 1. The maximum absolute atomic E-state index is 12.6. The second kappa shape index (κ2) is 8.32. The molecule has 7 N–H and O–H groups in total. The van der Waals surface area contributed by atoms with Gasteiger partial charge in [0.2, 0.25) is 5.54 Å². The Morgan fingerprint density at radius 1 is 1.03 bits per heavy atom. The number of fused-ring (bicyclic) bond motifs is 3. The van der Waals surface area contributed by atoms with Crippen molar-refractivity contribution in [2.45, 2.75) is 24.3 Å². The highest BCUT2D eigenvalue weighted by Crippen LogP contribution is 2.44. The van der Waals surface area contributed by atoms with Crippen molar-refractivity contribution in [2.75, 3.05) is 13.2 Å². The van der Waals surface area contributed by atoms with Crippen LogP contribution in [0.4, 0.5) is 0 Å². The smallest absolute Gasteiger partial charge is 0.337 e. The van der Waals surface area contributed by atoms with Crippen molar-refractivity contribution in [3.05, 3.63) is 59.7 Å². The fourth-order valence-corrected chi connectivity index (χ4v) is 3.59. The molecule has 1 aliphatic rings. The number of hydrogen-bond acceptors (Lipinski definition) is 5. The molecule has 0 unspecified atom stereocenters. The van der Waals surface area contributed by atoms with E-state index in [1.807, 2.05) is 48.5 Å². The third-order valence-corrected chi connectivity index (χ3v) is 5.11. The number of nitrogens with two attached hydrogens (primary N) is 3. The molecule has 1 aliphatic carbocycles. The standard InChI is InChI=1S/C21H24N4O4/c22-20(23)25-11-5-10-21(24,18(26)27)19(28)29-12-17-15-8-3-1-6-13(15)14-7-2-4-9-16(14)17/h1-4,6-9,17H,5,10-12,24H2,(H,26,27)(H4,22,23,25)/t21-/m0/s1. The molecule has 0 saturated heterocycles. The van der Waals surface area contributed by atoms with E-state index in [1.54, 1.807) is 0 Å². The number of rotatable bonds is 8. The van der Waals surface area contributed by atoms with Crippen molar-refractivity contribution in [1.29, 1.82) is 0 Å². The maximum Gasteiger partial charge on any atom is 0.337 e. The number of aliphatic carboxylic acids is 1. The minimum atomic E-state index is -2.16. The van der Waals surface area contributed by atoms with Crippen molar-refractivity contribution in [1.82, 2.24) is 0 Å². The van der Waals surface area contributed by atoms with Crippen LogP contribution in [-0.2, 0) is 14.3 Å². The van der Waals surface area contributed by atoms with E-state index in [-0.39, 0.29) is 37.9 Å². The van der Waals surface area contributed by atoms with Crippen LogP contribution in [0, 0.1) is 0 Å². The molecule has 3 rings (SSSR count). The van der Waals surface area contributed by atoms with Crippen molar-refractivity contribution in [3.63, 3.8) is 0 Å². The summed E-state index contributed by atoms with van der Waals surface area (Å²) < 4.78 is 5.41. The van der Waals surface area contributed by atoms with Gasteiger partial charge in [0.05, 0.1) is 0 Å². The number of carbonyl (C=O) groups excluding carboxylic acids is 1. The Balaban J connectivity index is 1.73. The van der Waals surface area contributed by atoms with Gasteiger partial charge in [-0.15, -0.1) is 0 Å². The lowest BCUT2D eigenvalue weighted by Crippen LogP contribution is -2.56. The van der Waals surface area contributed by atoms with E-state index < -0.39 is 17.5 Å². The SMILES string of the molecule is NC(N)=NCCC[C@](N)(C(=O)O)C(=O)OCC1c2ccccc2-c2ccccc21. The minimum absolute atomic E-state index is 0.00694. The first-order chi connectivity index (χ1) is 13.8. The molecule has 0 amide bonds. The summed E-state index contributed by atoms with van der Waals surface area (Å²) in [6.07, 6.45) is 0.0840. The number of aliphatic imine (C=N–C) groups is 1. The van der Waals surface area contributed by atoms with Crippen LogP contribution >= 0.6 is 0 Å². The van der Waals surface area contributed by atoms with E-state index in [0.29, 0.717) is 0 Å². The molecule has 0 bridgehead atoms. The van der Waals surface area contributed by atoms with E-state index >= 15 is 0 Å². The van der Waals surface area contributed by atoms with Gasteiger partial charge in [-0.25, -0.2) is 9.59 Å². The van der Waals surface area contributed by atoms with Gasteiger partial charge in [0.15, 0.2) is 5.96 Å². The van der Waals surface area contributed by atoms with Gasteiger partial charge in [-0.2, -0.15) is 0 Å². The normalized spacial score (nSPS) is 14.4. The monoisotopic (exact) mass is 396 g/mol. The molecule has 0 aliphatic heterocycles. The van der Waals surface area contributed by atoms with E-state index in [9.17, 15) is 14.7 Å². The zero-order chi connectivity index (χ0) is 21.0. The first-order valence-electron chi connectivity index (χ1n) is 9.27. The van der Waals surface area contributed by atoms with E-state index in [4.69, 9.17) is 21.9 Å². The fraction of sp³-hybridized carbons (Fsp3) is 0.286. The predicted molar refractivity (Wildman–Crippen MR) is 109 cm³/mol. The van der Waals surface area contributed by atoms with E-state index in [1.165, 1.54) is 0 Å². The highest BCUT2D eigenvalue weighted by molar-refractivity contribution is 6.03. The Morgan fingerprint density at radius 2 is 1.59 bits per heavy atom. The average Bonchev–Trinajstić information content (AvgIpc) is 3.03. The van der Waals surface area contributed by atoms with Gasteiger partial charge < -0.3 is 27.0 Å². The molecule has 0 spiro atoms. The van der Waals surface area contributed by atoms with Crippen molar-refractivity contribution < 1.29 is 19.4 Å². The second-order valence-corrected chi connectivity index (χ2v) is 7.01. The summed E-state index contributed by atoms with van der Waals surface area (Å²) in [5.41, 5.74) is 18.5. The number of ether oxygens (including phenoxy) is 1. The first kappa shape index (κ1) is 20.3. The predicted octanol–water partition coefficient (Wildman–Crippen LogP) is 1.18. The van der Waals surface area contributed by atoms with Crippen LogP contribution in [-0.4, -0.2) is 41.7 Å². The Bertz CT molecular complexity index is 910. The topological polar surface area (TPSA) is 154 Å². The van der Waals surface area contributed by atoms with Crippen LogP contribution in [0.1, 0.15) is 29.9 Å². The zero-order valence-corrected chi connectivity index (χ0v) is 15.9. The summed E-state index contributed by atoms with van der Waals surface area (Å²) in [4.78, 5) is 28.1. The van der Waals surface area contributed by atoms with Crippen molar-refractivity contribution in [2.24, 2.45) is 22.2 Å². The van der Waals surface area contributed by atoms with E-state index in [2.05, 4.69) is 4.99 Å². The van der Waals surface area contributed by atoms with Gasteiger partial charge >= 0.3 is 11.9 Å². The van der Waals surface area contributed by atoms with Gasteiger partial charge in [-0.1, -0.05) is 48.5 Å². The number of hydrogen-bond donors (Lipinski definition) is 4. The summed E-state index contributed by atoms with van der Waals surface area (Å²) in [5.74, 6) is -2.70. The molecular weight excluding hydrogens is 372 g/mol. The summed E-state index contributed by atoms with van der Waals surface area (Å²) in [7, 11) is 0. The van der Waals surface area contributed by atoms with Crippen molar-refractivity contribution >= 4 is 17.9 Å². The van der Waals surface area contributed by atoms with Crippen LogP contribution in [0.2, 0.25) is 0 Å². The number of carbonyl (C=O) groups is 2. The van der Waals surface area contributed by atoms with Crippen LogP contribution in [0.15, 0.2) is 53.5 Å². The molecular formula is C21H24N4O4. The third-order valence-electron chi connectivity index (χ3n) is 5.11. The van der Waals surface area contributed by atoms with Crippen molar-refractivity contribution in [3.8, 4) is 11.1 Å². The lowest BCUT2D eigenvalue weighted by atomic mass is 9.94. The number of benzene rings is 2. The average molecular weight is 396 g/mol. The van der Waals surface area contributed by atoms with Gasteiger partial charge in [-0.3, -0.25) is 4.99 Å². The lowest BCUT2D eigenvalue weighted by molar-refractivity contribution is -0.161. The molecule has 1 atom stereocenters. The van der Waals surface area contributed by atoms with Gasteiger partial charge in [0, 0.05) is 12.5 Å².